The summed E-state index contributed by atoms with van der Waals surface area (Å²) in [7, 11) is -3.09. The summed E-state index contributed by atoms with van der Waals surface area (Å²) in [5.74, 6) is 0. The highest BCUT2D eigenvalue weighted by Crippen LogP contribution is 2.47. The minimum atomic E-state index is -3.09. The number of hydrogen-bond acceptors (Lipinski definition) is 2. The molecule has 0 N–H and O–H groups in total. The van der Waals surface area contributed by atoms with Crippen LogP contribution in [0.4, 0.5) is 34.1 Å². The van der Waals surface area contributed by atoms with Gasteiger partial charge in [0.2, 0.25) is 0 Å². The third kappa shape index (κ3) is 6.35. The second-order valence-electron chi connectivity index (χ2n) is 21.9. The van der Waals surface area contributed by atoms with Crippen LogP contribution in [-0.4, -0.2) is 14.8 Å². The molecule has 0 spiro atoms. The molecule has 3 heterocycles. The minimum Gasteiger partial charge on any atom is -0.311 e. The molecule has 4 heteroatoms. The quantitative estimate of drug-likeness (QED) is 0.159. The Hall–Kier alpha value is -6.36. The van der Waals surface area contributed by atoms with Crippen molar-refractivity contribution >= 4 is 86.0 Å². The fraction of sp³-hybridized carbons (Fsp3) is 0.213. The van der Waals surface area contributed by atoms with E-state index in [1.54, 1.807) is 0 Å². The molecule has 0 radical (unpaired) electrons. The minimum absolute atomic E-state index is 0.0385. The van der Waals surface area contributed by atoms with Gasteiger partial charge in [-0.2, -0.15) is 0 Å². The molecule has 0 aromatic heterocycles. The first-order chi connectivity index (χ1) is 31.0. The van der Waals surface area contributed by atoms with Crippen LogP contribution in [0.5, 0.6) is 0 Å². The van der Waals surface area contributed by atoms with Crippen molar-refractivity contribution in [1.29, 1.82) is 0 Å². The van der Waals surface area contributed by atoms with Crippen molar-refractivity contribution < 1.29 is 0 Å². The van der Waals surface area contributed by atoms with Crippen LogP contribution in [0.25, 0.3) is 11.1 Å². The average Bonchev–Trinajstić information content (AvgIpc) is 3.29. The second-order valence-corrected chi connectivity index (χ2v) is 25.7. The third-order valence-corrected chi connectivity index (χ3v) is 19.4. The Morgan fingerprint density at radius 3 is 1.15 bits per heavy atom. The van der Waals surface area contributed by atoms with Gasteiger partial charge in [-0.15, -0.1) is 0 Å². The zero-order valence-electron chi connectivity index (χ0n) is 39.7. The molecule has 0 atom stereocenters. The predicted molar refractivity (Wildman–Crippen MR) is 284 cm³/mol. The van der Waals surface area contributed by atoms with E-state index >= 15 is 0 Å². The maximum Gasteiger partial charge on any atom is 0.251 e. The van der Waals surface area contributed by atoms with Crippen LogP contribution in [0.15, 0.2) is 176 Å². The Balaban J connectivity index is 1.34. The van der Waals surface area contributed by atoms with Gasteiger partial charge < -0.3 is 9.80 Å². The molecule has 3 aliphatic heterocycles. The van der Waals surface area contributed by atoms with Gasteiger partial charge in [0.25, 0.3) is 6.71 Å². The van der Waals surface area contributed by atoms with Gasteiger partial charge in [-0.1, -0.05) is 190 Å². The lowest BCUT2D eigenvalue weighted by molar-refractivity contribution is 0.590. The lowest BCUT2D eigenvalue weighted by atomic mass is 9.33. The molecule has 8 aromatic carbocycles. The fourth-order valence-electron chi connectivity index (χ4n) is 11.3. The highest BCUT2D eigenvalue weighted by molar-refractivity contribution is 7.27. The molecule has 0 saturated heterocycles. The molecule has 0 saturated carbocycles. The summed E-state index contributed by atoms with van der Waals surface area (Å²) in [6.07, 6.45) is 0. The van der Waals surface area contributed by atoms with Crippen LogP contribution < -0.4 is 46.9 Å². The van der Waals surface area contributed by atoms with E-state index in [0.29, 0.717) is 0 Å². The molecule has 3 aliphatic rings. The highest BCUT2D eigenvalue weighted by Gasteiger charge is 2.57. The van der Waals surface area contributed by atoms with Gasteiger partial charge in [0.05, 0.1) is 0 Å². The molecule has 2 nitrogen and oxygen atoms in total. The van der Waals surface area contributed by atoms with E-state index in [9.17, 15) is 0 Å². The monoisotopic (exact) mass is 858 g/mol. The van der Waals surface area contributed by atoms with Crippen LogP contribution in [0.3, 0.4) is 0 Å². The molecule has 11 rings (SSSR count). The summed E-state index contributed by atoms with van der Waals surface area (Å²) in [6.45, 7) is 23.6. The third-order valence-electron chi connectivity index (χ3n) is 14.6. The van der Waals surface area contributed by atoms with E-state index in [1.807, 2.05) is 0 Å². The van der Waals surface area contributed by atoms with Crippen LogP contribution >= 0.6 is 0 Å². The van der Waals surface area contributed by atoms with Crippen molar-refractivity contribution in [3.05, 3.63) is 198 Å². The van der Waals surface area contributed by atoms with E-state index in [-0.39, 0.29) is 23.0 Å². The highest BCUT2D eigenvalue weighted by atomic mass is 28.3. The lowest BCUT2D eigenvalue weighted by Crippen LogP contribution is -2.88. The van der Waals surface area contributed by atoms with Crippen molar-refractivity contribution in [2.24, 2.45) is 0 Å². The Morgan fingerprint density at radius 2 is 0.738 bits per heavy atom. The molecule has 8 aromatic rings. The molecule has 320 valence electrons. The zero-order valence-corrected chi connectivity index (χ0v) is 40.7. The van der Waals surface area contributed by atoms with Gasteiger partial charge >= 0.3 is 0 Å². The largest absolute Gasteiger partial charge is 0.311 e. The summed E-state index contributed by atoms with van der Waals surface area (Å²) in [6, 6.07) is 68.3. The molecular formula is C61H59BN2Si. The Morgan fingerprint density at radius 1 is 0.369 bits per heavy atom. The molecule has 0 unspecified atom stereocenters. The van der Waals surface area contributed by atoms with E-state index in [2.05, 4.69) is 255 Å². The second kappa shape index (κ2) is 14.6. The summed E-state index contributed by atoms with van der Waals surface area (Å²) in [4.78, 5) is 5.29. The maximum absolute atomic E-state index is 3.09. The number of aryl methyl sites for hydroxylation is 1. The molecular weight excluding hydrogens is 800 g/mol. The number of anilines is 6. The maximum atomic E-state index is 2.67. The molecule has 0 bridgehead atoms. The number of benzene rings is 8. The van der Waals surface area contributed by atoms with Crippen molar-refractivity contribution in [3.63, 3.8) is 0 Å². The van der Waals surface area contributed by atoms with Gasteiger partial charge in [-0.3, -0.25) is 0 Å². The van der Waals surface area contributed by atoms with E-state index in [4.69, 9.17) is 0 Å². The lowest BCUT2D eigenvalue weighted by Gasteiger charge is -2.52. The van der Waals surface area contributed by atoms with E-state index in [0.717, 1.165) is 0 Å². The number of hydrogen-bond donors (Lipinski definition) is 0. The average molecular weight is 859 g/mol. The van der Waals surface area contributed by atoms with Crippen LogP contribution in [-0.2, 0) is 16.2 Å². The number of nitrogens with zero attached hydrogens (tertiary/aromatic N) is 2. The SMILES string of the molecule is Cc1cc2c3c(c1)N(c1ccc(C(C)(C)C)cc1)c1cc(C(C)(C)C)cc4c1B3c1c(cc(C(C)(C)C)cc1[Si]4(c1ccccc1)c1ccccc1)N2c1ccc(-c2ccccc2)cc1. The molecule has 65 heavy (non-hydrogen) atoms. The fourth-order valence-corrected chi connectivity index (χ4v) is 16.6. The van der Waals surface area contributed by atoms with Crippen molar-refractivity contribution in [1.82, 2.24) is 0 Å². The van der Waals surface area contributed by atoms with Crippen LogP contribution in [0, 0.1) is 6.92 Å². The van der Waals surface area contributed by atoms with Gasteiger partial charge in [0.1, 0.15) is 0 Å². The van der Waals surface area contributed by atoms with Crippen LogP contribution in [0.1, 0.15) is 84.6 Å². The van der Waals surface area contributed by atoms with Crippen molar-refractivity contribution in [3.8, 4) is 11.1 Å². The standard InChI is InChI=1S/C61H59BN2Si/c1-40-34-50-56-51(35-40)64(47-32-28-43(29-33-47)59(2,3)4)53-37-45(61(8,9)10)39-55-58(53)62(56)57-52(63(50)46-30-26-42(27-31-46)41-20-14-11-15-21-41)36-44(60(5,6)7)38-54(57)65(55,48-22-16-12-17-23-48)49-24-18-13-19-25-49/h11-39H,1-10H3. The summed E-state index contributed by atoms with van der Waals surface area (Å²) in [5.41, 5.74) is 19.4. The Labute approximate surface area is 388 Å². The van der Waals surface area contributed by atoms with Crippen molar-refractivity contribution in [2.45, 2.75) is 85.5 Å². The van der Waals surface area contributed by atoms with Gasteiger partial charge in [-0.25, -0.2) is 0 Å². The van der Waals surface area contributed by atoms with Crippen molar-refractivity contribution in [2.75, 3.05) is 9.80 Å². The smallest absolute Gasteiger partial charge is 0.251 e. The Bertz CT molecular complexity index is 3100. The first-order valence-electron chi connectivity index (χ1n) is 23.5. The predicted octanol–water partition coefficient (Wildman–Crippen LogP) is 11.3. The van der Waals surface area contributed by atoms with E-state index < -0.39 is 8.07 Å². The Kier molecular flexibility index (Phi) is 9.27. The van der Waals surface area contributed by atoms with Crippen LogP contribution in [0.2, 0.25) is 0 Å². The summed E-state index contributed by atoms with van der Waals surface area (Å²) >= 11 is 0. The molecule has 0 amide bonds. The van der Waals surface area contributed by atoms with E-state index in [1.165, 1.54) is 105 Å². The normalized spacial score (nSPS) is 14.6. The van der Waals surface area contributed by atoms with Gasteiger partial charge in [0, 0.05) is 34.1 Å². The first-order valence-corrected chi connectivity index (χ1v) is 25.5. The summed E-state index contributed by atoms with van der Waals surface area (Å²) in [5, 5.41) is 5.87. The number of rotatable bonds is 5. The molecule has 0 fully saturated rings. The first kappa shape index (κ1) is 41.4. The zero-order chi connectivity index (χ0) is 45.2. The molecule has 0 aliphatic carbocycles. The topological polar surface area (TPSA) is 6.48 Å². The summed E-state index contributed by atoms with van der Waals surface area (Å²) < 4.78 is 0. The van der Waals surface area contributed by atoms with Gasteiger partial charge in [0.15, 0.2) is 8.07 Å². The van der Waals surface area contributed by atoms with Gasteiger partial charge in [-0.05, 0) is 142 Å².